The predicted octanol–water partition coefficient (Wildman–Crippen LogP) is 3.94. The number of amides is 1. The molecule has 1 amide bonds. The van der Waals surface area contributed by atoms with Crippen molar-refractivity contribution in [1.82, 2.24) is 5.32 Å². The number of carbonyl (C=O) groups is 2. The van der Waals surface area contributed by atoms with Gasteiger partial charge in [-0.1, -0.05) is 41.4 Å². The number of nitrogens with zero attached hydrogens (tertiary/aromatic N) is 1. The monoisotopic (exact) mass is 396 g/mol. The van der Waals surface area contributed by atoms with Gasteiger partial charge in [-0.15, -0.1) is 0 Å². The van der Waals surface area contributed by atoms with E-state index < -0.39 is 28.5 Å². The zero-order chi connectivity index (χ0) is 19.3. The molecule has 7 nitrogen and oxygen atoms in total. The van der Waals surface area contributed by atoms with Crippen LogP contribution >= 0.6 is 23.2 Å². The van der Waals surface area contributed by atoms with Crippen LogP contribution in [0.15, 0.2) is 42.5 Å². The standard InChI is InChI=1S/C17H14Cl2N2O5/c1-26-16(22)9-14(11-4-2-3-5-13(11)19)20-17(23)12-7-6-10(18)8-15(12)21(24)25/h2-8,14H,9H2,1H3,(H,20,23). The van der Waals surface area contributed by atoms with Crippen LogP contribution < -0.4 is 5.32 Å². The molecule has 1 atom stereocenters. The second-order valence-corrected chi connectivity index (χ2v) is 6.09. The molecule has 2 aromatic carbocycles. The topological polar surface area (TPSA) is 98.5 Å². The van der Waals surface area contributed by atoms with Crippen molar-refractivity contribution in [3.05, 3.63) is 73.8 Å². The Morgan fingerprint density at radius 1 is 1.23 bits per heavy atom. The van der Waals surface area contributed by atoms with Crippen molar-refractivity contribution in [3.63, 3.8) is 0 Å². The van der Waals surface area contributed by atoms with E-state index in [9.17, 15) is 19.7 Å². The van der Waals surface area contributed by atoms with Gasteiger partial charge in [0.15, 0.2) is 0 Å². The molecule has 0 heterocycles. The molecule has 9 heteroatoms. The Bertz CT molecular complexity index is 857. The highest BCUT2D eigenvalue weighted by atomic mass is 35.5. The number of halogens is 2. The van der Waals surface area contributed by atoms with Crippen molar-refractivity contribution >= 4 is 40.8 Å². The zero-order valence-corrected chi connectivity index (χ0v) is 15.1. The van der Waals surface area contributed by atoms with Gasteiger partial charge in [-0.2, -0.15) is 0 Å². The Kier molecular flexibility index (Phi) is 6.54. The fourth-order valence-electron chi connectivity index (χ4n) is 2.33. The lowest BCUT2D eigenvalue weighted by Gasteiger charge is -2.19. The number of nitro benzene ring substituents is 1. The molecule has 2 rings (SSSR count). The van der Waals surface area contributed by atoms with Crippen molar-refractivity contribution in [2.24, 2.45) is 0 Å². The molecule has 0 saturated carbocycles. The summed E-state index contributed by atoms with van der Waals surface area (Å²) in [6.07, 6.45) is -0.187. The number of nitro groups is 1. The Labute approximate surface area is 159 Å². The maximum atomic E-state index is 12.6. The van der Waals surface area contributed by atoms with Crippen molar-refractivity contribution in [1.29, 1.82) is 0 Å². The number of benzene rings is 2. The summed E-state index contributed by atoms with van der Waals surface area (Å²) in [5.74, 6) is -1.30. The molecule has 1 unspecified atom stereocenters. The summed E-state index contributed by atoms with van der Waals surface area (Å²) < 4.78 is 4.65. The Hall–Kier alpha value is -2.64. The summed E-state index contributed by atoms with van der Waals surface area (Å²) in [5, 5.41) is 14.3. The highest BCUT2D eigenvalue weighted by molar-refractivity contribution is 6.31. The van der Waals surface area contributed by atoms with E-state index in [0.29, 0.717) is 10.6 Å². The molecule has 0 saturated heterocycles. The van der Waals surface area contributed by atoms with Crippen molar-refractivity contribution < 1.29 is 19.2 Å². The molecule has 1 N–H and O–H groups in total. The summed E-state index contributed by atoms with van der Waals surface area (Å²) in [7, 11) is 1.22. The minimum absolute atomic E-state index is 0.130. The fourth-order valence-corrected chi connectivity index (χ4v) is 2.76. The first-order valence-corrected chi connectivity index (χ1v) is 8.15. The van der Waals surface area contributed by atoms with Gasteiger partial charge in [-0.05, 0) is 23.8 Å². The third-order valence-corrected chi connectivity index (χ3v) is 4.16. The summed E-state index contributed by atoms with van der Waals surface area (Å²) in [6.45, 7) is 0. The molecule has 0 aliphatic heterocycles. The number of hydrogen-bond acceptors (Lipinski definition) is 5. The molecular formula is C17H14Cl2N2O5. The van der Waals surface area contributed by atoms with Crippen LogP contribution in [0.3, 0.4) is 0 Å². The molecule has 0 aliphatic carbocycles. The van der Waals surface area contributed by atoms with Crippen LogP contribution in [0.2, 0.25) is 10.0 Å². The van der Waals surface area contributed by atoms with E-state index in [-0.39, 0.29) is 17.0 Å². The highest BCUT2D eigenvalue weighted by Crippen LogP contribution is 2.28. The van der Waals surface area contributed by atoms with E-state index in [0.717, 1.165) is 6.07 Å². The number of carbonyl (C=O) groups excluding carboxylic acids is 2. The van der Waals surface area contributed by atoms with Gasteiger partial charge in [0.2, 0.25) is 0 Å². The second-order valence-electron chi connectivity index (χ2n) is 5.25. The van der Waals surface area contributed by atoms with Gasteiger partial charge in [-0.3, -0.25) is 19.7 Å². The van der Waals surface area contributed by atoms with E-state index >= 15 is 0 Å². The van der Waals surface area contributed by atoms with Crippen molar-refractivity contribution in [2.75, 3.05) is 7.11 Å². The molecule has 0 spiro atoms. The minimum Gasteiger partial charge on any atom is -0.469 e. The van der Waals surface area contributed by atoms with Crippen LogP contribution in [0.5, 0.6) is 0 Å². The number of esters is 1. The first-order chi connectivity index (χ1) is 12.3. The largest absolute Gasteiger partial charge is 0.469 e. The molecule has 0 aliphatic rings. The van der Waals surface area contributed by atoms with Crippen LogP contribution in [0.25, 0.3) is 0 Å². The SMILES string of the molecule is COC(=O)CC(NC(=O)c1ccc(Cl)cc1[N+](=O)[O-])c1ccccc1Cl. The molecule has 0 fully saturated rings. The van der Waals surface area contributed by atoms with Crippen LogP contribution in [-0.4, -0.2) is 23.9 Å². The number of nitrogens with one attached hydrogen (secondary N) is 1. The van der Waals surface area contributed by atoms with Crippen molar-refractivity contribution in [3.8, 4) is 0 Å². The van der Waals surface area contributed by atoms with E-state index in [1.807, 2.05) is 0 Å². The minimum atomic E-state index is -0.820. The van der Waals surface area contributed by atoms with Gasteiger partial charge in [-0.25, -0.2) is 0 Å². The summed E-state index contributed by atoms with van der Waals surface area (Å²) in [6, 6.07) is 9.53. The molecule has 2 aromatic rings. The third-order valence-electron chi connectivity index (χ3n) is 3.59. The van der Waals surface area contributed by atoms with Gasteiger partial charge in [0, 0.05) is 16.1 Å². The van der Waals surface area contributed by atoms with Crippen LogP contribution in [0.1, 0.15) is 28.4 Å². The number of ether oxygens (including phenoxy) is 1. The van der Waals surface area contributed by atoms with Gasteiger partial charge in [0.05, 0.1) is 24.5 Å². The number of methoxy groups -OCH3 is 1. The average Bonchev–Trinajstić information content (AvgIpc) is 2.61. The summed E-state index contributed by atoms with van der Waals surface area (Å²) >= 11 is 11.9. The molecular weight excluding hydrogens is 383 g/mol. The maximum Gasteiger partial charge on any atom is 0.307 e. The first kappa shape index (κ1) is 19.7. The van der Waals surface area contributed by atoms with Crippen LogP contribution in [-0.2, 0) is 9.53 Å². The number of rotatable bonds is 6. The van der Waals surface area contributed by atoms with E-state index in [4.69, 9.17) is 23.2 Å². The van der Waals surface area contributed by atoms with Gasteiger partial charge < -0.3 is 10.1 Å². The quantitative estimate of drug-likeness (QED) is 0.452. The Morgan fingerprint density at radius 3 is 2.54 bits per heavy atom. The molecule has 0 radical (unpaired) electrons. The second kappa shape index (κ2) is 8.64. The van der Waals surface area contributed by atoms with E-state index in [2.05, 4.69) is 10.1 Å². The summed E-state index contributed by atoms with van der Waals surface area (Å²) in [5.41, 5.74) is -0.128. The Morgan fingerprint density at radius 2 is 1.92 bits per heavy atom. The van der Waals surface area contributed by atoms with Crippen LogP contribution in [0, 0.1) is 10.1 Å². The zero-order valence-electron chi connectivity index (χ0n) is 13.6. The summed E-state index contributed by atoms with van der Waals surface area (Å²) in [4.78, 5) is 34.8. The molecule has 136 valence electrons. The smallest absolute Gasteiger partial charge is 0.307 e. The fraction of sp³-hybridized carbons (Fsp3) is 0.176. The van der Waals surface area contributed by atoms with E-state index in [1.165, 1.54) is 19.2 Å². The van der Waals surface area contributed by atoms with Gasteiger partial charge >= 0.3 is 5.97 Å². The predicted molar refractivity (Wildman–Crippen MR) is 96.4 cm³/mol. The normalized spacial score (nSPS) is 11.5. The van der Waals surface area contributed by atoms with E-state index in [1.54, 1.807) is 24.3 Å². The molecule has 26 heavy (non-hydrogen) atoms. The maximum absolute atomic E-state index is 12.6. The average molecular weight is 397 g/mol. The highest BCUT2D eigenvalue weighted by Gasteiger charge is 2.26. The molecule has 0 aromatic heterocycles. The Balaban J connectivity index is 2.37. The lowest BCUT2D eigenvalue weighted by Crippen LogP contribution is -2.31. The van der Waals surface area contributed by atoms with Crippen LogP contribution in [0.4, 0.5) is 5.69 Å². The third kappa shape index (κ3) is 4.71. The first-order valence-electron chi connectivity index (χ1n) is 7.39. The van der Waals surface area contributed by atoms with Gasteiger partial charge in [0.1, 0.15) is 5.56 Å². The lowest BCUT2D eigenvalue weighted by molar-refractivity contribution is -0.385. The number of hydrogen-bond donors (Lipinski definition) is 1. The molecule has 0 bridgehead atoms. The lowest BCUT2D eigenvalue weighted by atomic mass is 10.0. The van der Waals surface area contributed by atoms with Gasteiger partial charge in [0.25, 0.3) is 11.6 Å². The van der Waals surface area contributed by atoms with Crippen molar-refractivity contribution in [2.45, 2.75) is 12.5 Å².